The number of para-hydroxylation sites is 1. The van der Waals surface area contributed by atoms with Crippen LogP contribution in [0.3, 0.4) is 0 Å². The van der Waals surface area contributed by atoms with Crippen LogP contribution in [0.5, 0.6) is 5.75 Å². The minimum absolute atomic E-state index is 0.132. The third-order valence-corrected chi connectivity index (χ3v) is 3.58. The molecule has 19 heavy (non-hydrogen) atoms. The Kier molecular flexibility index (Phi) is 4.61. The van der Waals surface area contributed by atoms with Gasteiger partial charge in [0.15, 0.2) is 0 Å². The standard InChI is InChI=1S/C16H18BrNO/c1-11(2)19-15-10-6-4-8-13(15)16(18)12-7-3-5-9-14(12)17/h3-11,16H,18H2,1-2H3. The molecule has 3 heteroatoms. The topological polar surface area (TPSA) is 35.2 Å². The monoisotopic (exact) mass is 319 g/mol. The minimum atomic E-state index is -0.203. The Morgan fingerprint density at radius 3 is 2.16 bits per heavy atom. The molecule has 0 heterocycles. The molecule has 0 aromatic heterocycles. The van der Waals surface area contributed by atoms with Gasteiger partial charge in [0.25, 0.3) is 0 Å². The smallest absolute Gasteiger partial charge is 0.124 e. The van der Waals surface area contributed by atoms with E-state index >= 15 is 0 Å². The van der Waals surface area contributed by atoms with E-state index in [0.717, 1.165) is 21.3 Å². The number of rotatable bonds is 4. The molecule has 0 amide bonds. The predicted octanol–water partition coefficient (Wildman–Crippen LogP) is 4.28. The molecule has 0 saturated carbocycles. The molecule has 100 valence electrons. The van der Waals surface area contributed by atoms with Crippen LogP contribution in [0, 0.1) is 0 Å². The molecular formula is C16H18BrNO. The third-order valence-electron chi connectivity index (χ3n) is 2.86. The summed E-state index contributed by atoms with van der Waals surface area (Å²) in [5, 5.41) is 0. The molecule has 0 bridgehead atoms. The first-order valence-electron chi connectivity index (χ1n) is 6.35. The van der Waals surface area contributed by atoms with Crippen LogP contribution < -0.4 is 10.5 Å². The van der Waals surface area contributed by atoms with Gasteiger partial charge in [0.1, 0.15) is 5.75 Å². The van der Waals surface area contributed by atoms with E-state index < -0.39 is 0 Å². The maximum absolute atomic E-state index is 6.38. The number of nitrogens with two attached hydrogens (primary N) is 1. The molecule has 2 rings (SSSR count). The Morgan fingerprint density at radius 1 is 0.947 bits per heavy atom. The van der Waals surface area contributed by atoms with Crippen LogP contribution in [0.4, 0.5) is 0 Å². The van der Waals surface area contributed by atoms with Crippen molar-refractivity contribution in [1.82, 2.24) is 0 Å². The van der Waals surface area contributed by atoms with Crippen LogP contribution in [0.2, 0.25) is 0 Å². The maximum Gasteiger partial charge on any atom is 0.124 e. The summed E-state index contributed by atoms with van der Waals surface area (Å²) in [5.74, 6) is 0.848. The van der Waals surface area contributed by atoms with Crippen LogP contribution >= 0.6 is 15.9 Å². The fourth-order valence-corrected chi connectivity index (χ4v) is 2.52. The zero-order valence-electron chi connectivity index (χ0n) is 11.1. The van der Waals surface area contributed by atoms with Crippen LogP contribution in [0.15, 0.2) is 53.0 Å². The molecule has 1 unspecified atom stereocenters. The first-order chi connectivity index (χ1) is 9.09. The van der Waals surface area contributed by atoms with Crippen molar-refractivity contribution in [2.24, 2.45) is 5.73 Å². The second kappa shape index (κ2) is 6.22. The van der Waals surface area contributed by atoms with Gasteiger partial charge in [0, 0.05) is 10.0 Å². The van der Waals surface area contributed by atoms with Gasteiger partial charge in [0.05, 0.1) is 12.1 Å². The van der Waals surface area contributed by atoms with Gasteiger partial charge < -0.3 is 10.5 Å². The fourth-order valence-electron chi connectivity index (χ4n) is 1.99. The van der Waals surface area contributed by atoms with Gasteiger partial charge in [0.2, 0.25) is 0 Å². The fraction of sp³-hybridized carbons (Fsp3) is 0.250. The van der Waals surface area contributed by atoms with Crippen molar-refractivity contribution in [3.63, 3.8) is 0 Å². The number of halogens is 1. The number of benzene rings is 2. The highest BCUT2D eigenvalue weighted by molar-refractivity contribution is 9.10. The Morgan fingerprint density at radius 2 is 1.53 bits per heavy atom. The van der Waals surface area contributed by atoms with Gasteiger partial charge >= 0.3 is 0 Å². The lowest BCUT2D eigenvalue weighted by Gasteiger charge is -2.19. The van der Waals surface area contributed by atoms with Crippen molar-refractivity contribution in [1.29, 1.82) is 0 Å². The van der Waals surface area contributed by atoms with Crippen molar-refractivity contribution in [3.05, 3.63) is 64.1 Å². The molecule has 0 aliphatic heterocycles. The first kappa shape index (κ1) is 14.1. The van der Waals surface area contributed by atoms with Gasteiger partial charge in [-0.2, -0.15) is 0 Å². The van der Waals surface area contributed by atoms with E-state index in [-0.39, 0.29) is 12.1 Å². The summed E-state index contributed by atoms with van der Waals surface area (Å²) in [6.45, 7) is 4.03. The molecule has 0 fully saturated rings. The quantitative estimate of drug-likeness (QED) is 0.912. The van der Waals surface area contributed by atoms with Gasteiger partial charge in [-0.25, -0.2) is 0 Å². The largest absolute Gasteiger partial charge is 0.491 e. The van der Waals surface area contributed by atoms with Crippen molar-refractivity contribution in [2.45, 2.75) is 26.0 Å². The number of hydrogen-bond acceptors (Lipinski definition) is 2. The second-order valence-corrected chi connectivity index (χ2v) is 5.56. The molecule has 0 aliphatic carbocycles. The third kappa shape index (κ3) is 3.37. The normalized spacial score (nSPS) is 12.5. The average molecular weight is 320 g/mol. The molecule has 0 radical (unpaired) electrons. The molecule has 2 nitrogen and oxygen atoms in total. The molecule has 2 N–H and O–H groups in total. The first-order valence-corrected chi connectivity index (χ1v) is 7.14. The zero-order chi connectivity index (χ0) is 13.8. The predicted molar refractivity (Wildman–Crippen MR) is 82.4 cm³/mol. The van der Waals surface area contributed by atoms with E-state index in [0.29, 0.717) is 0 Å². The van der Waals surface area contributed by atoms with Crippen molar-refractivity contribution in [2.75, 3.05) is 0 Å². The Bertz CT molecular complexity index is 554. The van der Waals surface area contributed by atoms with E-state index in [9.17, 15) is 0 Å². The molecular weight excluding hydrogens is 302 g/mol. The van der Waals surface area contributed by atoms with E-state index in [1.54, 1.807) is 0 Å². The highest BCUT2D eigenvalue weighted by Crippen LogP contribution is 2.32. The van der Waals surface area contributed by atoms with Gasteiger partial charge in [-0.15, -0.1) is 0 Å². The second-order valence-electron chi connectivity index (χ2n) is 4.70. The average Bonchev–Trinajstić information content (AvgIpc) is 2.38. The van der Waals surface area contributed by atoms with Crippen LogP contribution in [0.25, 0.3) is 0 Å². The summed E-state index contributed by atoms with van der Waals surface area (Å²) in [7, 11) is 0. The zero-order valence-corrected chi connectivity index (χ0v) is 12.7. The van der Waals surface area contributed by atoms with Crippen LogP contribution in [-0.4, -0.2) is 6.10 Å². The van der Waals surface area contributed by atoms with E-state index in [4.69, 9.17) is 10.5 Å². The summed E-state index contributed by atoms with van der Waals surface area (Å²) >= 11 is 3.55. The highest BCUT2D eigenvalue weighted by Gasteiger charge is 2.16. The van der Waals surface area contributed by atoms with E-state index in [1.165, 1.54) is 0 Å². The molecule has 2 aromatic rings. The molecule has 0 aliphatic rings. The van der Waals surface area contributed by atoms with E-state index in [2.05, 4.69) is 15.9 Å². The van der Waals surface area contributed by atoms with Crippen molar-refractivity contribution < 1.29 is 4.74 Å². The summed E-state index contributed by atoms with van der Waals surface area (Å²) in [6, 6.07) is 15.7. The lowest BCUT2D eigenvalue weighted by Crippen LogP contribution is -2.16. The van der Waals surface area contributed by atoms with Gasteiger partial charge in [-0.05, 0) is 31.5 Å². The SMILES string of the molecule is CC(C)Oc1ccccc1C(N)c1ccccc1Br. The number of ether oxygens (including phenoxy) is 1. The lowest BCUT2D eigenvalue weighted by molar-refractivity contribution is 0.239. The van der Waals surface area contributed by atoms with E-state index in [1.807, 2.05) is 62.4 Å². The van der Waals surface area contributed by atoms with Crippen molar-refractivity contribution >= 4 is 15.9 Å². The van der Waals surface area contributed by atoms with Crippen molar-refractivity contribution in [3.8, 4) is 5.75 Å². The molecule has 2 aromatic carbocycles. The van der Waals surface area contributed by atoms with Crippen LogP contribution in [-0.2, 0) is 0 Å². The Hall–Kier alpha value is -1.32. The Labute approximate surface area is 122 Å². The summed E-state index contributed by atoms with van der Waals surface area (Å²) in [6.07, 6.45) is 0.132. The summed E-state index contributed by atoms with van der Waals surface area (Å²) < 4.78 is 6.85. The summed E-state index contributed by atoms with van der Waals surface area (Å²) in [5.41, 5.74) is 8.44. The van der Waals surface area contributed by atoms with Gasteiger partial charge in [-0.1, -0.05) is 52.3 Å². The number of hydrogen-bond donors (Lipinski definition) is 1. The summed E-state index contributed by atoms with van der Waals surface area (Å²) in [4.78, 5) is 0. The molecule has 0 saturated heterocycles. The molecule has 1 atom stereocenters. The van der Waals surface area contributed by atoms with Crippen LogP contribution in [0.1, 0.15) is 31.0 Å². The lowest BCUT2D eigenvalue weighted by atomic mass is 9.99. The van der Waals surface area contributed by atoms with Gasteiger partial charge in [-0.3, -0.25) is 0 Å². The highest BCUT2D eigenvalue weighted by atomic mass is 79.9. The maximum atomic E-state index is 6.38. The Balaban J connectivity index is 2.39. The minimum Gasteiger partial charge on any atom is -0.491 e. The molecule has 0 spiro atoms.